The van der Waals surface area contributed by atoms with Crippen molar-refractivity contribution >= 4 is 23.2 Å². The number of aryl methyl sites for hydroxylation is 1. The van der Waals surface area contributed by atoms with E-state index in [2.05, 4.69) is 56.5 Å². The number of fused-ring (bicyclic) bond motifs is 1. The molecular formula is C25H34N2O2S. The van der Waals surface area contributed by atoms with Crippen LogP contribution in [0.25, 0.3) is 0 Å². The first kappa shape index (κ1) is 22.5. The molecule has 1 unspecified atom stereocenters. The van der Waals surface area contributed by atoms with E-state index in [1.54, 1.807) is 16.2 Å². The van der Waals surface area contributed by atoms with Gasteiger partial charge in [-0.2, -0.15) is 0 Å². The van der Waals surface area contributed by atoms with E-state index in [-0.39, 0.29) is 24.4 Å². The van der Waals surface area contributed by atoms with Crippen LogP contribution in [0, 0.1) is 6.92 Å². The Kier molecular flexibility index (Phi) is 8.08. The Bertz CT molecular complexity index is 843. The fourth-order valence-corrected chi connectivity index (χ4v) is 5.10. The summed E-state index contributed by atoms with van der Waals surface area (Å²) in [5.41, 5.74) is 3.59. The van der Waals surface area contributed by atoms with Gasteiger partial charge in [-0.3, -0.25) is 9.59 Å². The molecule has 0 bridgehead atoms. The van der Waals surface area contributed by atoms with Crippen molar-refractivity contribution < 1.29 is 9.59 Å². The van der Waals surface area contributed by atoms with Gasteiger partial charge < -0.3 is 9.80 Å². The van der Waals surface area contributed by atoms with E-state index in [9.17, 15) is 9.59 Å². The number of nitrogens with zero attached hydrogens (tertiary/aromatic N) is 2. The van der Waals surface area contributed by atoms with Crippen LogP contribution in [0.4, 0.5) is 0 Å². The zero-order chi connectivity index (χ0) is 21.5. The van der Waals surface area contributed by atoms with Crippen LogP contribution < -0.4 is 0 Å². The minimum atomic E-state index is -0.0632. The highest BCUT2D eigenvalue weighted by Gasteiger charge is 2.33. The molecule has 1 atom stereocenters. The second-order valence-electron chi connectivity index (χ2n) is 8.22. The zero-order valence-electron chi connectivity index (χ0n) is 18.5. The van der Waals surface area contributed by atoms with E-state index in [0.717, 1.165) is 37.7 Å². The molecule has 4 nitrogen and oxygen atoms in total. The molecule has 1 aliphatic rings. The van der Waals surface area contributed by atoms with E-state index in [1.807, 2.05) is 4.90 Å². The number of amides is 2. The van der Waals surface area contributed by atoms with Gasteiger partial charge >= 0.3 is 0 Å². The van der Waals surface area contributed by atoms with E-state index in [1.165, 1.54) is 16.0 Å². The second-order valence-corrected chi connectivity index (χ2v) is 9.22. The van der Waals surface area contributed by atoms with Crippen molar-refractivity contribution in [3.63, 3.8) is 0 Å². The molecule has 5 heteroatoms. The number of unbranched alkanes of at least 4 members (excludes halogenated alkanes) is 2. The average molecular weight is 427 g/mol. The molecule has 0 radical (unpaired) electrons. The van der Waals surface area contributed by atoms with Crippen LogP contribution >= 0.6 is 11.3 Å². The van der Waals surface area contributed by atoms with Gasteiger partial charge in [0.15, 0.2) is 0 Å². The highest BCUT2D eigenvalue weighted by molar-refractivity contribution is 7.10. The maximum atomic E-state index is 13.4. The smallest absolute Gasteiger partial charge is 0.242 e. The Morgan fingerprint density at radius 3 is 2.57 bits per heavy atom. The Morgan fingerprint density at radius 2 is 1.87 bits per heavy atom. The van der Waals surface area contributed by atoms with Crippen molar-refractivity contribution in [2.45, 2.75) is 65.3 Å². The lowest BCUT2D eigenvalue weighted by Crippen LogP contribution is -2.47. The summed E-state index contributed by atoms with van der Waals surface area (Å²) >= 11 is 1.78. The monoisotopic (exact) mass is 426 g/mol. The molecule has 1 aliphatic heterocycles. The second kappa shape index (κ2) is 10.8. The van der Waals surface area contributed by atoms with E-state index in [0.29, 0.717) is 19.5 Å². The molecule has 2 aromatic rings. The molecule has 2 amide bonds. The summed E-state index contributed by atoms with van der Waals surface area (Å²) in [6, 6.07) is 10.6. The highest BCUT2D eigenvalue weighted by atomic mass is 32.1. The van der Waals surface area contributed by atoms with Crippen LogP contribution in [-0.4, -0.2) is 41.2 Å². The van der Waals surface area contributed by atoms with Crippen LogP contribution in [0.3, 0.4) is 0 Å². The molecule has 0 saturated heterocycles. The zero-order valence-corrected chi connectivity index (χ0v) is 19.3. The summed E-state index contributed by atoms with van der Waals surface area (Å²) in [7, 11) is 0. The summed E-state index contributed by atoms with van der Waals surface area (Å²) in [5.74, 6) is 0.161. The van der Waals surface area contributed by atoms with Crippen molar-refractivity contribution in [1.29, 1.82) is 0 Å². The quantitative estimate of drug-likeness (QED) is 0.507. The average Bonchev–Trinajstić information content (AvgIpc) is 3.22. The number of thiophene rings is 1. The number of benzene rings is 1. The SMILES string of the molecule is CCCCCC(=O)N(CCC)CC(=O)N1CCc2sccc2C1c1ccc(C)cc1. The van der Waals surface area contributed by atoms with Gasteiger partial charge in [0.25, 0.3) is 0 Å². The molecule has 1 aromatic heterocycles. The standard InChI is InChI=1S/C25H34N2O2S/c1-4-6-7-8-23(28)26(15-5-2)18-24(29)27-16-13-22-21(14-17-30-22)25(27)20-11-9-19(3)10-12-20/h9-12,14,17,25H,4-8,13,15-16,18H2,1-3H3. The van der Waals surface area contributed by atoms with Crippen LogP contribution in [0.5, 0.6) is 0 Å². The number of carbonyl (C=O) groups is 2. The van der Waals surface area contributed by atoms with Crippen molar-refractivity contribution in [2.24, 2.45) is 0 Å². The van der Waals surface area contributed by atoms with Crippen LogP contribution in [0.2, 0.25) is 0 Å². The lowest BCUT2D eigenvalue weighted by atomic mass is 9.92. The first-order chi connectivity index (χ1) is 14.5. The normalized spacial score (nSPS) is 15.7. The van der Waals surface area contributed by atoms with Crippen molar-refractivity contribution in [3.05, 3.63) is 57.3 Å². The molecule has 0 fully saturated rings. The van der Waals surface area contributed by atoms with Gasteiger partial charge in [-0.25, -0.2) is 0 Å². The fraction of sp³-hybridized carbons (Fsp3) is 0.520. The van der Waals surface area contributed by atoms with Gasteiger partial charge in [-0.15, -0.1) is 11.3 Å². The largest absolute Gasteiger partial charge is 0.333 e. The fourth-order valence-electron chi connectivity index (χ4n) is 4.19. The predicted octanol–water partition coefficient (Wildman–Crippen LogP) is 5.35. The minimum absolute atomic E-state index is 0.0507. The number of carbonyl (C=O) groups excluding carboxylic acids is 2. The van der Waals surface area contributed by atoms with Crippen molar-refractivity contribution in [2.75, 3.05) is 19.6 Å². The van der Waals surface area contributed by atoms with Gasteiger partial charge in [0.2, 0.25) is 11.8 Å². The highest BCUT2D eigenvalue weighted by Crippen LogP contribution is 2.38. The Balaban J connectivity index is 1.80. The van der Waals surface area contributed by atoms with E-state index >= 15 is 0 Å². The molecule has 0 spiro atoms. The van der Waals surface area contributed by atoms with Gasteiger partial charge in [0.05, 0.1) is 12.6 Å². The van der Waals surface area contributed by atoms with Crippen LogP contribution in [0.1, 0.15) is 73.6 Å². The molecule has 30 heavy (non-hydrogen) atoms. The summed E-state index contributed by atoms with van der Waals surface area (Å²) in [5, 5.41) is 2.13. The minimum Gasteiger partial charge on any atom is -0.333 e. The molecule has 0 saturated carbocycles. The Morgan fingerprint density at radius 1 is 1.10 bits per heavy atom. The van der Waals surface area contributed by atoms with Crippen molar-refractivity contribution in [1.82, 2.24) is 9.80 Å². The summed E-state index contributed by atoms with van der Waals surface area (Å²) in [6.45, 7) is 7.80. The molecule has 162 valence electrons. The topological polar surface area (TPSA) is 40.6 Å². The lowest BCUT2D eigenvalue weighted by Gasteiger charge is -2.37. The van der Waals surface area contributed by atoms with E-state index in [4.69, 9.17) is 0 Å². The first-order valence-electron chi connectivity index (χ1n) is 11.2. The Hall–Kier alpha value is -2.14. The van der Waals surface area contributed by atoms with Gasteiger partial charge in [-0.05, 0) is 48.8 Å². The molecular weight excluding hydrogens is 392 g/mol. The molecule has 1 aromatic carbocycles. The third-order valence-electron chi connectivity index (χ3n) is 5.85. The Labute approximate surface area is 184 Å². The first-order valence-corrected chi connectivity index (χ1v) is 12.1. The third kappa shape index (κ3) is 5.31. The van der Waals surface area contributed by atoms with Gasteiger partial charge in [0, 0.05) is 24.4 Å². The number of hydrogen-bond acceptors (Lipinski definition) is 3. The number of rotatable bonds is 9. The predicted molar refractivity (Wildman–Crippen MR) is 124 cm³/mol. The summed E-state index contributed by atoms with van der Waals surface area (Å²) < 4.78 is 0. The molecule has 3 rings (SSSR count). The maximum absolute atomic E-state index is 13.4. The molecule has 0 aliphatic carbocycles. The summed E-state index contributed by atoms with van der Waals surface area (Å²) in [4.78, 5) is 31.3. The van der Waals surface area contributed by atoms with Crippen molar-refractivity contribution in [3.8, 4) is 0 Å². The van der Waals surface area contributed by atoms with Gasteiger partial charge in [-0.1, -0.05) is 56.5 Å². The third-order valence-corrected chi connectivity index (χ3v) is 6.84. The van der Waals surface area contributed by atoms with E-state index < -0.39 is 0 Å². The lowest BCUT2D eigenvalue weighted by molar-refractivity contribution is -0.141. The van der Waals surface area contributed by atoms with Crippen LogP contribution in [-0.2, 0) is 16.0 Å². The van der Waals surface area contributed by atoms with Crippen LogP contribution in [0.15, 0.2) is 35.7 Å². The maximum Gasteiger partial charge on any atom is 0.242 e. The molecule has 2 heterocycles. The number of hydrogen-bond donors (Lipinski definition) is 0. The van der Waals surface area contributed by atoms with Gasteiger partial charge in [0.1, 0.15) is 0 Å². The molecule has 0 N–H and O–H groups in total. The summed E-state index contributed by atoms with van der Waals surface area (Å²) in [6.07, 6.45) is 5.34.